The molecule has 0 heterocycles. The van der Waals surface area contributed by atoms with E-state index in [1.807, 2.05) is 112 Å². The van der Waals surface area contributed by atoms with Gasteiger partial charge in [0, 0.05) is 39.6 Å². The van der Waals surface area contributed by atoms with Crippen LogP contribution in [0, 0.1) is 6.92 Å². The fraction of sp³-hybridized carbons (Fsp3) is 0.214. The first-order chi connectivity index (χ1) is 15.7. The lowest BCUT2D eigenvalue weighted by Crippen LogP contribution is -2.08. The maximum absolute atomic E-state index is 13.4. The number of sulfone groups is 1. The van der Waals surface area contributed by atoms with E-state index < -0.39 is 9.84 Å². The summed E-state index contributed by atoms with van der Waals surface area (Å²) in [5, 5.41) is 0. The van der Waals surface area contributed by atoms with Crippen LogP contribution < -0.4 is 9.80 Å². The smallest absolute Gasteiger partial charge is 0.206 e. The zero-order chi connectivity index (χ0) is 24.0. The molecule has 172 valence electrons. The first-order valence-electron chi connectivity index (χ1n) is 10.9. The van der Waals surface area contributed by atoms with Crippen molar-refractivity contribution in [1.29, 1.82) is 0 Å². The van der Waals surface area contributed by atoms with Gasteiger partial charge in [0.15, 0.2) is 0 Å². The lowest BCUT2D eigenvalue weighted by atomic mass is 10.1. The minimum atomic E-state index is -3.64. The Hall–Kier alpha value is -3.31. The number of anilines is 2. The van der Waals surface area contributed by atoms with E-state index >= 15 is 0 Å². The monoisotopic (exact) mass is 460 g/mol. The third kappa shape index (κ3) is 6.36. The van der Waals surface area contributed by atoms with Crippen LogP contribution in [0.2, 0.25) is 0 Å². The van der Waals surface area contributed by atoms with Gasteiger partial charge in [0.1, 0.15) is 0 Å². The summed E-state index contributed by atoms with van der Waals surface area (Å²) in [5.41, 5.74) is 5.23. The highest BCUT2D eigenvalue weighted by Crippen LogP contribution is 2.23. The molecule has 0 N–H and O–H groups in total. The molecule has 0 aliphatic rings. The van der Waals surface area contributed by atoms with Crippen LogP contribution in [0.3, 0.4) is 0 Å². The Labute approximate surface area is 198 Å². The lowest BCUT2D eigenvalue weighted by Gasteiger charge is -2.12. The Morgan fingerprint density at radius 2 is 1.27 bits per heavy atom. The molecule has 0 radical (unpaired) electrons. The van der Waals surface area contributed by atoms with Gasteiger partial charge in [0.05, 0.1) is 9.80 Å². The average Bonchev–Trinajstić information content (AvgIpc) is 2.79. The van der Waals surface area contributed by atoms with Crippen LogP contribution in [0.25, 0.3) is 6.08 Å². The lowest BCUT2D eigenvalue weighted by molar-refractivity contribution is 0.603. The molecule has 0 fully saturated rings. The normalized spacial score (nSPS) is 12.2. The molecular formula is C28H32N2O2S. The number of allylic oxidation sites excluding steroid dienone is 2. The van der Waals surface area contributed by atoms with Crippen molar-refractivity contribution < 1.29 is 8.42 Å². The summed E-state index contributed by atoms with van der Waals surface area (Å²) in [7, 11) is 4.33. The molecule has 33 heavy (non-hydrogen) atoms. The number of nitrogens with zero attached hydrogens (tertiary/aromatic N) is 2. The van der Waals surface area contributed by atoms with Crippen molar-refractivity contribution >= 4 is 27.3 Å². The Kier molecular flexibility index (Phi) is 7.77. The topological polar surface area (TPSA) is 40.6 Å². The van der Waals surface area contributed by atoms with Gasteiger partial charge in [0.25, 0.3) is 0 Å². The van der Waals surface area contributed by atoms with Crippen molar-refractivity contribution in [2.75, 3.05) is 38.0 Å². The highest BCUT2D eigenvalue weighted by molar-refractivity contribution is 7.95. The second-order valence-corrected chi connectivity index (χ2v) is 10.5. The van der Waals surface area contributed by atoms with Gasteiger partial charge in [-0.1, -0.05) is 54.1 Å². The molecule has 0 bridgehead atoms. The molecule has 3 aromatic carbocycles. The summed E-state index contributed by atoms with van der Waals surface area (Å²) in [4.78, 5) is 4.66. The SMILES string of the molecule is Cc1ccc(S(=O)(=O)C(C=Cc2ccc(N(C)C)cc2)=CCc2ccc(N(C)C)cc2)cc1. The molecule has 0 saturated carbocycles. The van der Waals surface area contributed by atoms with Crippen molar-refractivity contribution in [3.8, 4) is 0 Å². The van der Waals surface area contributed by atoms with Gasteiger partial charge in [-0.3, -0.25) is 0 Å². The van der Waals surface area contributed by atoms with Crippen molar-refractivity contribution in [3.63, 3.8) is 0 Å². The maximum Gasteiger partial charge on any atom is 0.206 e. The number of hydrogen-bond donors (Lipinski definition) is 0. The highest BCUT2D eigenvalue weighted by atomic mass is 32.2. The van der Waals surface area contributed by atoms with E-state index in [1.54, 1.807) is 24.3 Å². The quantitative estimate of drug-likeness (QED) is 0.402. The summed E-state index contributed by atoms with van der Waals surface area (Å²) in [6.45, 7) is 1.95. The molecule has 0 spiro atoms. The Morgan fingerprint density at radius 1 is 0.758 bits per heavy atom. The molecule has 3 aromatic rings. The van der Waals surface area contributed by atoms with Gasteiger partial charge < -0.3 is 9.80 Å². The predicted octanol–water partition coefficient (Wildman–Crippen LogP) is 5.74. The predicted molar refractivity (Wildman–Crippen MR) is 141 cm³/mol. The van der Waals surface area contributed by atoms with Gasteiger partial charge >= 0.3 is 0 Å². The number of rotatable bonds is 8. The largest absolute Gasteiger partial charge is 0.378 e. The van der Waals surface area contributed by atoms with Crippen LogP contribution in [0.1, 0.15) is 16.7 Å². The summed E-state index contributed by atoms with van der Waals surface area (Å²) < 4.78 is 26.9. The second-order valence-electron chi connectivity index (χ2n) is 8.51. The van der Waals surface area contributed by atoms with E-state index in [4.69, 9.17) is 0 Å². The van der Waals surface area contributed by atoms with Gasteiger partial charge in [0.2, 0.25) is 9.84 Å². The third-order valence-corrected chi connectivity index (χ3v) is 7.30. The number of hydrogen-bond acceptors (Lipinski definition) is 4. The van der Waals surface area contributed by atoms with Crippen molar-refractivity contribution in [1.82, 2.24) is 0 Å². The van der Waals surface area contributed by atoms with E-state index in [-0.39, 0.29) is 0 Å². The van der Waals surface area contributed by atoms with Crippen LogP contribution in [0.4, 0.5) is 11.4 Å². The Bertz CT molecular complexity index is 1220. The third-order valence-electron chi connectivity index (χ3n) is 5.48. The van der Waals surface area contributed by atoms with E-state index in [0.717, 1.165) is 28.1 Å². The molecule has 0 amide bonds. The van der Waals surface area contributed by atoms with E-state index in [2.05, 4.69) is 0 Å². The number of benzene rings is 3. The Balaban J connectivity index is 1.94. The van der Waals surface area contributed by atoms with Crippen LogP contribution in [0.15, 0.2) is 94.7 Å². The van der Waals surface area contributed by atoms with E-state index in [9.17, 15) is 8.42 Å². The first-order valence-corrected chi connectivity index (χ1v) is 12.4. The van der Waals surface area contributed by atoms with Gasteiger partial charge in [-0.05, 0) is 66.9 Å². The van der Waals surface area contributed by atoms with Gasteiger partial charge in [-0.15, -0.1) is 0 Å². The standard InChI is InChI=1S/C28H32N2O2S/c1-22-6-18-27(19-7-22)33(31,32)28(20-12-23-8-14-25(15-9-23)29(2)3)21-13-24-10-16-26(17-11-24)30(4)5/h6-12,14-21H,13H2,1-5H3. The molecule has 0 unspecified atom stereocenters. The van der Waals surface area contributed by atoms with E-state index in [1.165, 1.54) is 0 Å². The maximum atomic E-state index is 13.4. The molecule has 5 heteroatoms. The molecule has 0 aromatic heterocycles. The van der Waals surface area contributed by atoms with Crippen molar-refractivity contribution in [3.05, 3.63) is 107 Å². The highest BCUT2D eigenvalue weighted by Gasteiger charge is 2.18. The summed E-state index contributed by atoms with van der Waals surface area (Å²) in [6.07, 6.45) is 5.88. The molecule has 4 nitrogen and oxygen atoms in total. The molecular weight excluding hydrogens is 428 g/mol. The molecule has 0 aliphatic heterocycles. The summed E-state index contributed by atoms with van der Waals surface area (Å²) in [5.74, 6) is 0. The van der Waals surface area contributed by atoms with Gasteiger partial charge in [-0.25, -0.2) is 8.42 Å². The van der Waals surface area contributed by atoms with Crippen LogP contribution in [0.5, 0.6) is 0 Å². The van der Waals surface area contributed by atoms with Gasteiger partial charge in [-0.2, -0.15) is 0 Å². The van der Waals surface area contributed by atoms with Crippen molar-refractivity contribution in [2.45, 2.75) is 18.2 Å². The van der Waals surface area contributed by atoms with Crippen LogP contribution >= 0.6 is 0 Å². The average molecular weight is 461 g/mol. The first kappa shape index (κ1) is 24.3. The van der Waals surface area contributed by atoms with E-state index in [0.29, 0.717) is 16.2 Å². The zero-order valence-electron chi connectivity index (χ0n) is 20.0. The molecule has 0 atom stereocenters. The van der Waals surface area contributed by atoms with Crippen molar-refractivity contribution in [2.24, 2.45) is 0 Å². The molecule has 3 rings (SSSR count). The number of aryl methyl sites for hydroxylation is 1. The Morgan fingerprint density at radius 3 is 1.79 bits per heavy atom. The fourth-order valence-corrected chi connectivity index (χ4v) is 4.65. The minimum Gasteiger partial charge on any atom is -0.378 e. The molecule has 0 aliphatic carbocycles. The minimum absolute atomic E-state index is 0.291. The fourth-order valence-electron chi connectivity index (χ4n) is 3.33. The van der Waals surface area contributed by atoms with Crippen LogP contribution in [-0.2, 0) is 16.3 Å². The summed E-state index contributed by atoms with van der Waals surface area (Å²) in [6, 6.07) is 23.2. The zero-order valence-corrected chi connectivity index (χ0v) is 20.8. The summed E-state index contributed by atoms with van der Waals surface area (Å²) >= 11 is 0. The second kappa shape index (κ2) is 10.5. The van der Waals surface area contributed by atoms with Crippen LogP contribution in [-0.4, -0.2) is 36.6 Å². The molecule has 0 saturated heterocycles.